The highest BCUT2D eigenvalue weighted by molar-refractivity contribution is 5.91. The van der Waals surface area contributed by atoms with Crippen LogP contribution in [0.4, 0.5) is 5.82 Å². The number of ether oxygens (including phenoxy) is 1. The number of aromatic nitrogens is 3. The van der Waals surface area contributed by atoms with Gasteiger partial charge >= 0.3 is 0 Å². The standard InChI is InChI=1S/C27H29N5O3/c1-18(17-33)27(34)31-15-5-6-19(16-31)24-23-13-14-29-26(28)25(23)32(30-24)20-9-11-22(12-10-20)35-21-7-3-2-4-8-21/h2-4,7-14,18-19,33H,5-6,15-17H2,1H3,(H2,28,29)/t18-,19-/m1/s1. The lowest BCUT2D eigenvalue weighted by Crippen LogP contribution is -2.42. The van der Waals surface area contributed by atoms with Crippen molar-refractivity contribution in [1.82, 2.24) is 19.7 Å². The van der Waals surface area contributed by atoms with Gasteiger partial charge in [-0.05, 0) is 55.3 Å². The molecule has 1 aliphatic rings. The molecule has 1 saturated heterocycles. The molecule has 8 heteroatoms. The first-order valence-corrected chi connectivity index (χ1v) is 11.9. The lowest BCUT2D eigenvalue weighted by Gasteiger charge is -2.33. The predicted octanol–water partition coefficient (Wildman–Crippen LogP) is 4.13. The molecule has 5 rings (SSSR count). The second-order valence-corrected chi connectivity index (χ2v) is 9.01. The molecule has 8 nitrogen and oxygen atoms in total. The Bertz CT molecular complexity index is 1320. The molecule has 0 spiro atoms. The van der Waals surface area contributed by atoms with Gasteiger partial charge in [-0.15, -0.1) is 0 Å². The summed E-state index contributed by atoms with van der Waals surface area (Å²) in [6, 6.07) is 19.3. The zero-order valence-electron chi connectivity index (χ0n) is 19.7. The van der Waals surface area contributed by atoms with Crippen LogP contribution in [0.2, 0.25) is 0 Å². The van der Waals surface area contributed by atoms with Gasteiger partial charge in [-0.25, -0.2) is 9.67 Å². The van der Waals surface area contributed by atoms with E-state index in [0.29, 0.717) is 18.9 Å². The van der Waals surface area contributed by atoms with E-state index in [1.165, 1.54) is 0 Å². The number of aliphatic hydroxyl groups excluding tert-OH is 1. The van der Waals surface area contributed by atoms with Crippen LogP contribution < -0.4 is 10.5 Å². The Morgan fingerprint density at radius 3 is 2.63 bits per heavy atom. The topological polar surface area (TPSA) is 106 Å². The number of aliphatic hydroxyl groups is 1. The number of hydrogen-bond acceptors (Lipinski definition) is 6. The minimum absolute atomic E-state index is 0.0175. The molecule has 2 aromatic carbocycles. The highest BCUT2D eigenvalue weighted by Crippen LogP contribution is 2.35. The molecule has 2 atom stereocenters. The van der Waals surface area contributed by atoms with Gasteiger partial charge in [0.1, 0.15) is 22.8 Å². The molecule has 2 aromatic heterocycles. The Kier molecular flexibility index (Phi) is 6.37. The fourth-order valence-electron chi connectivity index (χ4n) is 4.67. The summed E-state index contributed by atoms with van der Waals surface area (Å²) in [4.78, 5) is 18.9. The molecule has 0 saturated carbocycles. The number of likely N-dealkylation sites (tertiary alicyclic amines) is 1. The molecule has 1 fully saturated rings. The summed E-state index contributed by atoms with van der Waals surface area (Å²) in [6.45, 7) is 2.88. The summed E-state index contributed by atoms with van der Waals surface area (Å²) in [5, 5.41) is 15.4. The van der Waals surface area contributed by atoms with E-state index in [1.54, 1.807) is 13.1 Å². The lowest BCUT2D eigenvalue weighted by atomic mass is 9.92. The molecule has 180 valence electrons. The van der Waals surface area contributed by atoms with Crippen molar-refractivity contribution < 1.29 is 14.6 Å². The summed E-state index contributed by atoms with van der Waals surface area (Å²) in [6.07, 6.45) is 3.51. The van der Waals surface area contributed by atoms with Gasteiger partial charge in [-0.2, -0.15) is 5.10 Å². The van der Waals surface area contributed by atoms with Crippen LogP contribution in [0.15, 0.2) is 66.9 Å². The normalized spacial score (nSPS) is 16.9. The largest absolute Gasteiger partial charge is 0.457 e. The average molecular weight is 472 g/mol. The number of rotatable bonds is 6. The van der Waals surface area contributed by atoms with Gasteiger partial charge < -0.3 is 20.5 Å². The second kappa shape index (κ2) is 9.76. The molecule has 35 heavy (non-hydrogen) atoms. The van der Waals surface area contributed by atoms with E-state index < -0.39 is 5.92 Å². The van der Waals surface area contributed by atoms with Crippen molar-refractivity contribution in [2.45, 2.75) is 25.7 Å². The summed E-state index contributed by atoms with van der Waals surface area (Å²) in [5.74, 6) is 1.55. The van der Waals surface area contributed by atoms with E-state index >= 15 is 0 Å². The number of nitrogen functional groups attached to an aromatic ring is 1. The zero-order chi connectivity index (χ0) is 24.4. The van der Waals surface area contributed by atoms with Crippen molar-refractivity contribution in [3.05, 3.63) is 72.6 Å². The van der Waals surface area contributed by atoms with Crippen molar-refractivity contribution in [3.8, 4) is 17.2 Å². The predicted molar refractivity (Wildman–Crippen MR) is 135 cm³/mol. The number of anilines is 1. The molecule has 4 aromatic rings. The highest BCUT2D eigenvalue weighted by atomic mass is 16.5. The number of amides is 1. The molecule has 3 N–H and O–H groups in total. The molecule has 0 radical (unpaired) electrons. The maximum atomic E-state index is 12.7. The third kappa shape index (κ3) is 4.57. The number of piperidine rings is 1. The third-order valence-electron chi connectivity index (χ3n) is 6.52. The molecule has 0 bridgehead atoms. The number of nitrogens with two attached hydrogens (primary N) is 1. The van der Waals surface area contributed by atoms with Crippen LogP contribution in [0.5, 0.6) is 11.5 Å². The maximum Gasteiger partial charge on any atom is 0.227 e. The van der Waals surface area contributed by atoms with Crippen molar-refractivity contribution in [2.24, 2.45) is 5.92 Å². The Morgan fingerprint density at radius 1 is 1.14 bits per heavy atom. The third-order valence-corrected chi connectivity index (χ3v) is 6.52. The monoisotopic (exact) mass is 471 g/mol. The fourth-order valence-corrected chi connectivity index (χ4v) is 4.67. The van der Waals surface area contributed by atoms with Gasteiger partial charge in [0.25, 0.3) is 0 Å². The number of fused-ring (bicyclic) bond motifs is 1. The van der Waals surface area contributed by atoms with Gasteiger partial charge in [-0.1, -0.05) is 25.1 Å². The Labute approximate surface area is 204 Å². The molecule has 3 heterocycles. The van der Waals surface area contributed by atoms with E-state index in [-0.39, 0.29) is 18.4 Å². The first-order valence-electron chi connectivity index (χ1n) is 11.9. The van der Waals surface area contributed by atoms with Crippen molar-refractivity contribution in [3.63, 3.8) is 0 Å². The van der Waals surface area contributed by atoms with E-state index in [2.05, 4.69) is 4.98 Å². The maximum absolute atomic E-state index is 12.7. The van der Waals surface area contributed by atoms with Crippen LogP contribution >= 0.6 is 0 Å². The van der Waals surface area contributed by atoms with Crippen molar-refractivity contribution in [1.29, 1.82) is 0 Å². The highest BCUT2D eigenvalue weighted by Gasteiger charge is 2.30. The summed E-state index contributed by atoms with van der Waals surface area (Å²) in [7, 11) is 0. The van der Waals surface area contributed by atoms with Crippen LogP contribution in [0.1, 0.15) is 31.4 Å². The van der Waals surface area contributed by atoms with Crippen LogP contribution in [0.3, 0.4) is 0 Å². The molecular weight excluding hydrogens is 442 g/mol. The molecular formula is C27H29N5O3. The van der Waals surface area contributed by atoms with Gasteiger partial charge in [0.2, 0.25) is 5.91 Å². The van der Waals surface area contributed by atoms with E-state index in [9.17, 15) is 9.90 Å². The van der Waals surface area contributed by atoms with Crippen LogP contribution in [-0.4, -0.2) is 50.4 Å². The number of hydrogen-bond donors (Lipinski definition) is 2. The van der Waals surface area contributed by atoms with Crippen LogP contribution in [0.25, 0.3) is 16.6 Å². The molecule has 0 unspecified atom stereocenters. The van der Waals surface area contributed by atoms with Crippen LogP contribution in [0, 0.1) is 5.92 Å². The molecule has 0 aliphatic carbocycles. The number of para-hydroxylation sites is 1. The minimum Gasteiger partial charge on any atom is -0.457 e. The number of pyridine rings is 1. The van der Waals surface area contributed by atoms with E-state index in [4.69, 9.17) is 15.6 Å². The smallest absolute Gasteiger partial charge is 0.227 e. The average Bonchev–Trinajstić information content (AvgIpc) is 3.30. The Morgan fingerprint density at radius 2 is 1.89 bits per heavy atom. The summed E-state index contributed by atoms with van der Waals surface area (Å²) in [5.41, 5.74) is 8.83. The SMILES string of the molecule is C[C@H](CO)C(=O)N1CCC[C@@H](c2nn(-c3ccc(Oc4ccccc4)cc3)c3c(N)nccc23)C1. The second-order valence-electron chi connectivity index (χ2n) is 9.01. The number of carbonyl (C=O) groups is 1. The zero-order valence-corrected chi connectivity index (χ0v) is 19.7. The number of nitrogens with zero attached hydrogens (tertiary/aromatic N) is 4. The fraction of sp³-hybridized carbons (Fsp3) is 0.296. The lowest BCUT2D eigenvalue weighted by molar-refractivity contribution is -0.137. The van der Waals surface area contributed by atoms with Gasteiger partial charge in [0.05, 0.1) is 23.9 Å². The first kappa shape index (κ1) is 22.9. The van der Waals surface area contributed by atoms with E-state index in [0.717, 1.165) is 46.6 Å². The van der Waals surface area contributed by atoms with E-state index in [1.807, 2.05) is 70.2 Å². The number of benzene rings is 2. The Balaban J connectivity index is 1.47. The quantitative estimate of drug-likeness (QED) is 0.438. The first-order chi connectivity index (χ1) is 17.0. The van der Waals surface area contributed by atoms with Crippen molar-refractivity contribution >= 4 is 22.6 Å². The Hall–Kier alpha value is -3.91. The van der Waals surface area contributed by atoms with Crippen molar-refractivity contribution in [2.75, 3.05) is 25.4 Å². The number of carbonyl (C=O) groups excluding carboxylic acids is 1. The van der Waals surface area contributed by atoms with Gasteiger partial charge in [-0.3, -0.25) is 4.79 Å². The minimum atomic E-state index is -0.403. The van der Waals surface area contributed by atoms with Gasteiger partial charge in [0, 0.05) is 30.6 Å². The van der Waals surface area contributed by atoms with Gasteiger partial charge in [0.15, 0.2) is 0 Å². The molecule has 1 amide bonds. The summed E-state index contributed by atoms with van der Waals surface area (Å²) >= 11 is 0. The molecule has 1 aliphatic heterocycles. The van der Waals surface area contributed by atoms with Crippen LogP contribution in [-0.2, 0) is 4.79 Å². The summed E-state index contributed by atoms with van der Waals surface area (Å²) < 4.78 is 7.75.